The maximum absolute atomic E-state index is 10.7. The summed E-state index contributed by atoms with van der Waals surface area (Å²) < 4.78 is 0. The maximum atomic E-state index is 10.7. The van der Waals surface area contributed by atoms with Crippen molar-refractivity contribution in [3.8, 4) is 11.8 Å². The summed E-state index contributed by atoms with van der Waals surface area (Å²) in [5.41, 5.74) is 2.02. The fourth-order valence-corrected chi connectivity index (χ4v) is 1.82. The SMILES string of the molecule is CC(=O)SCC#Cc1ccc(CCCC(=O)O)cc1. The first-order chi connectivity index (χ1) is 9.08. The highest BCUT2D eigenvalue weighted by Gasteiger charge is 1.98. The first-order valence-electron chi connectivity index (χ1n) is 6.01. The lowest BCUT2D eigenvalue weighted by atomic mass is 10.1. The second-order valence-corrected chi connectivity index (χ2v) is 5.18. The molecule has 100 valence electrons. The number of hydrogen-bond donors (Lipinski definition) is 1. The van der Waals surface area contributed by atoms with Gasteiger partial charge in [-0.25, -0.2) is 0 Å². The molecule has 0 unspecified atom stereocenters. The molecular formula is C15H16O3S. The molecule has 0 radical (unpaired) electrons. The Balaban J connectivity index is 2.42. The molecule has 0 amide bonds. The molecule has 0 fully saturated rings. The van der Waals surface area contributed by atoms with Crippen molar-refractivity contribution in [3.05, 3.63) is 35.4 Å². The van der Waals surface area contributed by atoms with E-state index in [9.17, 15) is 9.59 Å². The molecule has 19 heavy (non-hydrogen) atoms. The van der Waals surface area contributed by atoms with E-state index in [4.69, 9.17) is 5.11 Å². The first-order valence-corrected chi connectivity index (χ1v) is 6.99. The average Bonchev–Trinajstić information content (AvgIpc) is 2.36. The number of aryl methyl sites for hydroxylation is 1. The van der Waals surface area contributed by atoms with Crippen molar-refractivity contribution >= 4 is 22.8 Å². The number of carboxylic acid groups (broad SMARTS) is 1. The van der Waals surface area contributed by atoms with Crippen molar-refractivity contribution in [1.82, 2.24) is 0 Å². The summed E-state index contributed by atoms with van der Waals surface area (Å²) in [6, 6.07) is 7.76. The van der Waals surface area contributed by atoms with Crippen molar-refractivity contribution in [2.75, 3.05) is 5.75 Å². The van der Waals surface area contributed by atoms with Gasteiger partial charge in [0.15, 0.2) is 5.12 Å². The minimum atomic E-state index is -0.759. The molecule has 1 rings (SSSR count). The van der Waals surface area contributed by atoms with Crippen molar-refractivity contribution in [2.24, 2.45) is 0 Å². The molecule has 0 aliphatic rings. The molecule has 0 spiro atoms. The van der Waals surface area contributed by atoms with E-state index in [2.05, 4.69) is 11.8 Å². The summed E-state index contributed by atoms with van der Waals surface area (Å²) in [6.45, 7) is 1.53. The first kappa shape index (κ1) is 15.3. The molecule has 1 aromatic rings. The second kappa shape index (κ2) is 8.39. The summed E-state index contributed by atoms with van der Waals surface area (Å²) in [4.78, 5) is 21.1. The van der Waals surface area contributed by atoms with Gasteiger partial charge in [0.2, 0.25) is 0 Å². The van der Waals surface area contributed by atoms with Crippen molar-refractivity contribution in [3.63, 3.8) is 0 Å². The number of rotatable bonds is 5. The minimum Gasteiger partial charge on any atom is -0.481 e. The molecule has 1 N–H and O–H groups in total. The van der Waals surface area contributed by atoms with Crippen LogP contribution in [0.3, 0.4) is 0 Å². The summed E-state index contributed by atoms with van der Waals surface area (Å²) in [5.74, 6) is 5.66. The third-order valence-corrected chi connectivity index (χ3v) is 3.09. The molecule has 0 bridgehead atoms. The molecule has 0 atom stereocenters. The number of hydrogen-bond acceptors (Lipinski definition) is 3. The Labute approximate surface area is 117 Å². The molecule has 1 aromatic carbocycles. The molecule has 3 nitrogen and oxygen atoms in total. The Hall–Kier alpha value is -1.73. The average molecular weight is 276 g/mol. The van der Waals surface area contributed by atoms with Gasteiger partial charge < -0.3 is 5.11 Å². The van der Waals surface area contributed by atoms with Crippen LogP contribution in [0.25, 0.3) is 0 Å². The third-order valence-electron chi connectivity index (χ3n) is 2.39. The molecule has 0 saturated heterocycles. The lowest BCUT2D eigenvalue weighted by Gasteiger charge is -1.99. The van der Waals surface area contributed by atoms with Gasteiger partial charge in [0, 0.05) is 18.9 Å². The topological polar surface area (TPSA) is 54.4 Å². The highest BCUT2D eigenvalue weighted by atomic mass is 32.2. The highest BCUT2D eigenvalue weighted by molar-refractivity contribution is 8.13. The predicted octanol–water partition coefficient (Wildman–Crippen LogP) is 2.73. The van der Waals surface area contributed by atoms with E-state index in [1.165, 1.54) is 18.7 Å². The van der Waals surface area contributed by atoms with Crippen LogP contribution in [-0.4, -0.2) is 21.9 Å². The molecular weight excluding hydrogens is 260 g/mol. The monoisotopic (exact) mass is 276 g/mol. The Morgan fingerprint density at radius 1 is 1.26 bits per heavy atom. The van der Waals surface area contributed by atoms with Crippen LogP contribution in [0.4, 0.5) is 0 Å². The second-order valence-electron chi connectivity index (χ2n) is 4.03. The van der Waals surface area contributed by atoms with E-state index in [0.717, 1.165) is 17.5 Å². The number of benzene rings is 1. The van der Waals surface area contributed by atoms with Gasteiger partial charge in [-0.3, -0.25) is 9.59 Å². The lowest BCUT2D eigenvalue weighted by molar-refractivity contribution is -0.137. The Kier molecular flexibility index (Phi) is 6.76. The Morgan fingerprint density at radius 2 is 1.95 bits per heavy atom. The maximum Gasteiger partial charge on any atom is 0.303 e. The number of aliphatic carboxylic acids is 1. The van der Waals surface area contributed by atoms with Crippen LogP contribution in [0.15, 0.2) is 24.3 Å². The van der Waals surface area contributed by atoms with Gasteiger partial charge in [-0.2, -0.15) is 0 Å². The van der Waals surface area contributed by atoms with Crippen LogP contribution >= 0.6 is 11.8 Å². The number of thioether (sulfide) groups is 1. The highest BCUT2D eigenvalue weighted by Crippen LogP contribution is 2.07. The smallest absolute Gasteiger partial charge is 0.303 e. The molecule has 0 aliphatic carbocycles. The molecule has 0 aliphatic heterocycles. The van der Waals surface area contributed by atoms with Gasteiger partial charge in [-0.15, -0.1) is 0 Å². The molecule has 0 saturated carbocycles. The van der Waals surface area contributed by atoms with Gasteiger partial charge in [0.25, 0.3) is 0 Å². The van der Waals surface area contributed by atoms with Gasteiger partial charge in [-0.05, 0) is 30.5 Å². The third kappa shape index (κ3) is 7.32. The van der Waals surface area contributed by atoms with Gasteiger partial charge in [-0.1, -0.05) is 35.7 Å². The Bertz CT molecular complexity index is 494. The summed E-state index contributed by atoms with van der Waals surface area (Å²) >= 11 is 1.20. The minimum absolute atomic E-state index is 0.0723. The number of carboxylic acids is 1. The zero-order valence-corrected chi connectivity index (χ0v) is 11.6. The van der Waals surface area contributed by atoms with Crippen molar-refractivity contribution < 1.29 is 14.7 Å². The normalized spacial score (nSPS) is 9.53. The van der Waals surface area contributed by atoms with E-state index in [0.29, 0.717) is 12.2 Å². The van der Waals surface area contributed by atoms with Gasteiger partial charge in [0.05, 0.1) is 5.75 Å². The van der Waals surface area contributed by atoms with Gasteiger partial charge in [0.1, 0.15) is 0 Å². The van der Waals surface area contributed by atoms with E-state index >= 15 is 0 Å². The van der Waals surface area contributed by atoms with Gasteiger partial charge >= 0.3 is 5.97 Å². The lowest BCUT2D eigenvalue weighted by Crippen LogP contribution is -1.95. The number of carbonyl (C=O) groups excluding carboxylic acids is 1. The van der Waals surface area contributed by atoms with Crippen LogP contribution in [0.5, 0.6) is 0 Å². The van der Waals surface area contributed by atoms with Crippen LogP contribution in [-0.2, 0) is 16.0 Å². The van der Waals surface area contributed by atoms with E-state index < -0.39 is 5.97 Å². The zero-order chi connectivity index (χ0) is 14.1. The van der Waals surface area contributed by atoms with E-state index in [-0.39, 0.29) is 11.5 Å². The van der Waals surface area contributed by atoms with Crippen LogP contribution in [0.1, 0.15) is 30.9 Å². The fraction of sp³-hybridized carbons (Fsp3) is 0.333. The summed E-state index contributed by atoms with van der Waals surface area (Å²) in [6.07, 6.45) is 1.61. The van der Waals surface area contributed by atoms with Crippen LogP contribution in [0.2, 0.25) is 0 Å². The molecule has 0 heterocycles. The molecule has 4 heteroatoms. The Morgan fingerprint density at radius 3 is 2.53 bits per heavy atom. The summed E-state index contributed by atoms with van der Waals surface area (Å²) in [7, 11) is 0. The van der Waals surface area contributed by atoms with Crippen LogP contribution in [0, 0.1) is 11.8 Å². The van der Waals surface area contributed by atoms with Crippen LogP contribution < -0.4 is 0 Å². The van der Waals surface area contributed by atoms with Crippen molar-refractivity contribution in [1.29, 1.82) is 0 Å². The largest absolute Gasteiger partial charge is 0.481 e. The number of carbonyl (C=O) groups is 2. The molecule has 0 aromatic heterocycles. The zero-order valence-electron chi connectivity index (χ0n) is 10.8. The quantitative estimate of drug-likeness (QED) is 0.840. The van der Waals surface area contributed by atoms with E-state index in [1.54, 1.807) is 0 Å². The van der Waals surface area contributed by atoms with E-state index in [1.807, 2.05) is 24.3 Å². The predicted molar refractivity (Wildman–Crippen MR) is 77.0 cm³/mol. The standard InChI is InChI=1S/C15H16O3S/c1-12(16)19-11-3-5-14-9-7-13(8-10-14)4-2-6-15(17)18/h7-10H,2,4,6,11H2,1H3,(H,17,18). The van der Waals surface area contributed by atoms with Crippen molar-refractivity contribution in [2.45, 2.75) is 26.2 Å². The summed E-state index contributed by atoms with van der Waals surface area (Å²) in [5, 5.41) is 8.62. The fourth-order valence-electron chi connectivity index (χ4n) is 1.47.